The molecule has 1 aliphatic carbocycles. The molecule has 6 nitrogen and oxygen atoms in total. The maximum Gasteiger partial charge on any atom is 0.252 e. The smallest absolute Gasteiger partial charge is 0.252 e. The van der Waals surface area contributed by atoms with Crippen molar-refractivity contribution in [1.29, 1.82) is 0 Å². The Kier molecular flexibility index (Phi) is 14.2. The maximum atomic E-state index is 6.96. The van der Waals surface area contributed by atoms with E-state index in [4.69, 9.17) is 4.42 Å². The van der Waals surface area contributed by atoms with Crippen LogP contribution in [0.4, 0.5) is 34.1 Å². The number of fused-ring (bicyclic) bond motifs is 17. The Bertz CT molecular complexity index is 6540. The Hall–Kier alpha value is -11.3. The van der Waals surface area contributed by atoms with Crippen LogP contribution in [0.25, 0.3) is 116 Å². The molecule has 0 amide bonds. The van der Waals surface area contributed by atoms with Gasteiger partial charge in [-0.05, 0) is 234 Å². The second kappa shape index (κ2) is 23.1. The molecular formula is C102H94BN5O. The Labute approximate surface area is 640 Å². The van der Waals surface area contributed by atoms with E-state index in [0.29, 0.717) is 0 Å². The summed E-state index contributed by atoms with van der Waals surface area (Å²) in [5, 5.41) is 9.69. The molecule has 0 atom stereocenters. The van der Waals surface area contributed by atoms with Gasteiger partial charge in [-0.15, -0.1) is 0 Å². The van der Waals surface area contributed by atoms with Crippen LogP contribution in [-0.2, 0) is 32.5 Å². The number of hydrogen-bond acceptors (Lipinski definition) is 3. The van der Waals surface area contributed by atoms with Crippen LogP contribution in [0, 0.1) is 0 Å². The molecule has 4 aromatic heterocycles. The molecule has 0 bridgehead atoms. The molecule has 3 aliphatic rings. The zero-order chi connectivity index (χ0) is 75.1. The van der Waals surface area contributed by atoms with Crippen LogP contribution in [0.5, 0.6) is 0 Å². The number of furan rings is 1. The molecule has 20 rings (SSSR count). The van der Waals surface area contributed by atoms with Crippen molar-refractivity contribution >= 4 is 145 Å². The zero-order valence-electron chi connectivity index (χ0n) is 65.9. The lowest BCUT2D eigenvalue weighted by molar-refractivity contribution is 0.332. The van der Waals surface area contributed by atoms with E-state index in [-0.39, 0.29) is 39.2 Å². The van der Waals surface area contributed by atoms with Crippen LogP contribution < -0.4 is 26.2 Å². The highest BCUT2D eigenvalue weighted by atomic mass is 16.3. The summed E-state index contributed by atoms with van der Waals surface area (Å²) in [6.07, 6.45) is 2.34. The van der Waals surface area contributed by atoms with Gasteiger partial charge >= 0.3 is 0 Å². The fraction of sp³-hybridized carbons (Fsp3) is 0.235. The van der Waals surface area contributed by atoms with E-state index < -0.39 is 0 Å². The summed E-state index contributed by atoms with van der Waals surface area (Å²) >= 11 is 0. The largest absolute Gasteiger partial charge is 0.456 e. The van der Waals surface area contributed by atoms with Gasteiger partial charge in [-0.25, -0.2) is 0 Å². The zero-order valence-corrected chi connectivity index (χ0v) is 65.9. The molecule has 0 saturated carbocycles. The molecule has 2 aliphatic heterocycles. The minimum atomic E-state index is -0.223. The first-order chi connectivity index (χ1) is 52.0. The van der Waals surface area contributed by atoms with E-state index in [1.165, 1.54) is 122 Å². The van der Waals surface area contributed by atoms with Crippen LogP contribution >= 0.6 is 0 Å². The van der Waals surface area contributed by atoms with Gasteiger partial charge in [0.2, 0.25) is 0 Å². The van der Waals surface area contributed by atoms with Gasteiger partial charge in [-0.1, -0.05) is 232 Å². The van der Waals surface area contributed by atoms with Crippen LogP contribution in [0.1, 0.15) is 157 Å². The Morgan fingerprint density at radius 3 is 1.14 bits per heavy atom. The van der Waals surface area contributed by atoms with Gasteiger partial charge in [0.05, 0.1) is 38.8 Å². The van der Waals surface area contributed by atoms with E-state index in [1.54, 1.807) is 0 Å². The van der Waals surface area contributed by atoms with Gasteiger partial charge in [-0.3, -0.25) is 0 Å². The minimum absolute atomic E-state index is 0.0492. The Balaban J connectivity index is 0.900. The first-order valence-corrected chi connectivity index (χ1v) is 39.4. The predicted molar refractivity (Wildman–Crippen MR) is 466 cm³/mol. The molecule has 6 heterocycles. The van der Waals surface area contributed by atoms with Crippen LogP contribution in [0.2, 0.25) is 0 Å². The second-order valence-electron chi connectivity index (χ2n) is 37.3. The lowest BCUT2D eigenvalue weighted by atomic mass is 9.33. The average Bonchev–Trinajstić information content (AvgIpc) is 0.903. The summed E-state index contributed by atoms with van der Waals surface area (Å²) in [6.45, 7) is 37.5. The predicted octanol–water partition coefficient (Wildman–Crippen LogP) is 26.2. The quantitative estimate of drug-likeness (QED) is 0.156. The maximum absolute atomic E-state index is 6.96. The molecule has 536 valence electrons. The monoisotopic (exact) mass is 1420 g/mol. The van der Waals surface area contributed by atoms with E-state index in [2.05, 4.69) is 389 Å². The summed E-state index contributed by atoms with van der Waals surface area (Å²) in [5.74, 6) is 0. The highest BCUT2D eigenvalue weighted by Crippen LogP contribution is 2.52. The third-order valence-corrected chi connectivity index (χ3v) is 25.3. The molecule has 0 fully saturated rings. The molecule has 0 spiro atoms. The number of aromatic nitrogens is 3. The number of rotatable bonds is 6. The topological polar surface area (TPSA) is 34.4 Å². The number of anilines is 6. The number of hydrogen-bond donors (Lipinski definition) is 0. The second-order valence-corrected chi connectivity index (χ2v) is 37.3. The van der Waals surface area contributed by atoms with Crippen LogP contribution in [0.3, 0.4) is 0 Å². The van der Waals surface area contributed by atoms with Crippen molar-refractivity contribution in [3.8, 4) is 28.2 Å². The van der Waals surface area contributed by atoms with Gasteiger partial charge in [0, 0.05) is 94.7 Å². The van der Waals surface area contributed by atoms with Crippen LogP contribution in [0.15, 0.2) is 259 Å². The van der Waals surface area contributed by atoms with Gasteiger partial charge in [0.25, 0.3) is 6.71 Å². The first-order valence-electron chi connectivity index (χ1n) is 39.4. The highest BCUT2D eigenvalue weighted by molar-refractivity contribution is 7.00. The molecule has 0 radical (unpaired) electrons. The van der Waals surface area contributed by atoms with Gasteiger partial charge in [-0.2, -0.15) is 0 Å². The Morgan fingerprint density at radius 2 is 0.661 bits per heavy atom. The molecule has 17 aromatic rings. The van der Waals surface area contributed by atoms with Crippen molar-refractivity contribution in [2.75, 3.05) is 9.80 Å². The standard InChI is InChI=1S/C102H94BN5O/c1-97(2,3)63-32-45-86-76(52-63)77-53-64(98(4,5)6)33-46-87(77)105(86)68-39-43-82-90(56-68)104(67-36-29-61(30-37-67)62-31-42-80-81(51-62)102(15,16)50-49-101(80,13)14)92-58-71(108-84-26-20-17-23-72(84)73-24-18-21-27-85(73)108)59-93-96(92)103(82)83-44-40-69(57-91(83)107(93)70-38-41-75-74-25-19-22-28-94(74)109-95(75)60-70)106-88-47-34-65(99(7,8)9)54-78(88)79-55-66(100(10,11)12)35-48-89(79)106/h17-48,51-60H,49-50H2,1-16H3. The van der Waals surface area contributed by atoms with E-state index >= 15 is 0 Å². The van der Waals surface area contributed by atoms with Gasteiger partial charge in [0.1, 0.15) is 11.2 Å². The van der Waals surface area contributed by atoms with Gasteiger partial charge < -0.3 is 27.9 Å². The molecular weight excluding hydrogens is 1320 g/mol. The summed E-state index contributed by atoms with van der Waals surface area (Å²) in [7, 11) is 0. The number of para-hydroxylation sites is 3. The lowest BCUT2D eigenvalue weighted by Gasteiger charge is -2.44. The van der Waals surface area contributed by atoms with E-state index in [0.717, 1.165) is 90.6 Å². The summed E-state index contributed by atoms with van der Waals surface area (Å²) in [6, 6.07) is 99.1. The highest BCUT2D eigenvalue weighted by Gasteiger charge is 2.45. The van der Waals surface area contributed by atoms with Crippen molar-refractivity contribution in [3.63, 3.8) is 0 Å². The summed E-state index contributed by atoms with van der Waals surface area (Å²) < 4.78 is 14.6. The van der Waals surface area contributed by atoms with Gasteiger partial charge in [0.15, 0.2) is 0 Å². The third kappa shape index (κ3) is 10.3. The van der Waals surface area contributed by atoms with E-state index in [9.17, 15) is 0 Å². The van der Waals surface area contributed by atoms with Crippen LogP contribution in [-0.4, -0.2) is 20.4 Å². The fourth-order valence-corrected chi connectivity index (χ4v) is 19.0. The summed E-state index contributed by atoms with van der Waals surface area (Å²) in [4.78, 5) is 5.23. The van der Waals surface area contributed by atoms with Crippen molar-refractivity contribution < 1.29 is 4.42 Å². The Morgan fingerprint density at radius 1 is 0.284 bits per heavy atom. The van der Waals surface area contributed by atoms with Crippen molar-refractivity contribution in [2.45, 2.75) is 156 Å². The third-order valence-electron chi connectivity index (χ3n) is 25.3. The molecule has 7 heteroatoms. The normalized spacial score (nSPS) is 15.0. The molecule has 0 N–H and O–H groups in total. The lowest BCUT2D eigenvalue weighted by Crippen LogP contribution is -2.61. The van der Waals surface area contributed by atoms with Crippen molar-refractivity contribution in [1.82, 2.24) is 13.7 Å². The SMILES string of the molecule is CC(C)(C)c1ccc2c(c1)c1cc(C(C)(C)C)ccc1n2-c1ccc2c(c1)N(c1ccc(-c3ccc4c(c3)C(C)(C)CCC4(C)C)cc1)c1cc(-n3c4ccccc4c4ccccc43)cc3c1B2c1ccc(-n2c4ccc(C(C)(C)C)cc4c4cc(C(C)(C)C)ccc42)cc1N3c1ccc2c(c1)oc1ccccc12. The molecule has 0 saturated heterocycles. The minimum Gasteiger partial charge on any atom is -0.456 e. The molecule has 0 unspecified atom stereocenters. The molecule has 109 heavy (non-hydrogen) atoms. The van der Waals surface area contributed by atoms with Crippen molar-refractivity contribution in [3.05, 3.63) is 288 Å². The molecule has 13 aromatic carbocycles. The number of benzene rings is 13. The van der Waals surface area contributed by atoms with E-state index in [1.807, 2.05) is 0 Å². The number of nitrogens with zero attached hydrogens (tertiary/aromatic N) is 5. The average molecular weight is 1420 g/mol. The first kappa shape index (κ1) is 67.1. The fourth-order valence-electron chi connectivity index (χ4n) is 19.0. The summed E-state index contributed by atoms with van der Waals surface area (Å²) in [5.41, 5.74) is 33.0. The van der Waals surface area contributed by atoms with Crippen molar-refractivity contribution in [2.24, 2.45) is 0 Å².